The summed E-state index contributed by atoms with van der Waals surface area (Å²) in [6.07, 6.45) is 1.16. The number of nitrogens with zero attached hydrogens (tertiary/aromatic N) is 4. The molecular formula is C28H25N5O2. The number of benzene rings is 3. The number of nitrogens with one attached hydrogen (secondary N) is 1. The lowest BCUT2D eigenvalue weighted by Gasteiger charge is -2.37. The van der Waals surface area contributed by atoms with Crippen molar-refractivity contribution in [3.63, 3.8) is 0 Å². The van der Waals surface area contributed by atoms with Crippen LogP contribution in [0.5, 0.6) is 0 Å². The predicted molar refractivity (Wildman–Crippen MR) is 135 cm³/mol. The maximum atomic E-state index is 13.5. The molecule has 2 N–H and O–H groups in total. The van der Waals surface area contributed by atoms with E-state index in [1.54, 1.807) is 6.33 Å². The van der Waals surface area contributed by atoms with Crippen LogP contribution in [0.4, 0.5) is 5.95 Å². The van der Waals surface area contributed by atoms with Crippen LogP contribution in [0.2, 0.25) is 0 Å². The van der Waals surface area contributed by atoms with Crippen LogP contribution in [0.25, 0.3) is 11.2 Å². The van der Waals surface area contributed by atoms with Crippen LogP contribution in [-0.2, 0) is 5.54 Å². The van der Waals surface area contributed by atoms with Gasteiger partial charge in [-0.15, -0.1) is 0 Å². The molecule has 35 heavy (non-hydrogen) atoms. The second kappa shape index (κ2) is 8.21. The Kier molecular flexibility index (Phi) is 5.00. The van der Waals surface area contributed by atoms with Gasteiger partial charge < -0.3 is 10.4 Å². The summed E-state index contributed by atoms with van der Waals surface area (Å²) in [4.78, 5) is 22.9. The van der Waals surface area contributed by atoms with Gasteiger partial charge in [0.1, 0.15) is 11.8 Å². The Morgan fingerprint density at radius 1 is 0.886 bits per heavy atom. The Bertz CT molecular complexity index is 1450. The lowest BCUT2D eigenvalue weighted by molar-refractivity contribution is 0.0805. The van der Waals surface area contributed by atoms with E-state index in [0.717, 1.165) is 16.7 Å². The molecule has 5 aromatic rings. The highest BCUT2D eigenvalue weighted by molar-refractivity contribution is 5.73. The number of fused-ring (bicyclic) bond motifs is 2. The molecule has 3 aromatic carbocycles. The largest absolute Gasteiger partial charge is 0.373 e. The van der Waals surface area contributed by atoms with E-state index in [0.29, 0.717) is 18.0 Å². The summed E-state index contributed by atoms with van der Waals surface area (Å²) < 4.78 is 3.28. The predicted octanol–water partition coefficient (Wildman–Crippen LogP) is 4.13. The third-order valence-corrected chi connectivity index (χ3v) is 6.78. The highest BCUT2D eigenvalue weighted by atomic mass is 16.3. The van der Waals surface area contributed by atoms with Crippen LogP contribution in [0.15, 0.2) is 102 Å². The van der Waals surface area contributed by atoms with Crippen molar-refractivity contribution in [2.24, 2.45) is 0 Å². The van der Waals surface area contributed by atoms with E-state index in [2.05, 4.69) is 46.7 Å². The molecule has 0 amide bonds. The molecule has 3 heterocycles. The van der Waals surface area contributed by atoms with Gasteiger partial charge in [-0.3, -0.25) is 9.36 Å². The van der Waals surface area contributed by atoms with Gasteiger partial charge in [0.2, 0.25) is 5.95 Å². The van der Waals surface area contributed by atoms with Crippen LogP contribution in [-0.4, -0.2) is 30.3 Å². The Hall–Kier alpha value is -4.23. The molecule has 0 radical (unpaired) electrons. The summed E-state index contributed by atoms with van der Waals surface area (Å²) in [5.41, 5.74) is 2.50. The number of rotatable bonds is 4. The van der Waals surface area contributed by atoms with E-state index in [1.807, 2.05) is 66.1 Å². The number of anilines is 1. The van der Waals surface area contributed by atoms with Crippen LogP contribution in [0, 0.1) is 0 Å². The number of hydrogen-bond donors (Lipinski definition) is 2. The van der Waals surface area contributed by atoms with E-state index >= 15 is 0 Å². The quantitative estimate of drug-likeness (QED) is 0.392. The Morgan fingerprint density at radius 2 is 1.40 bits per heavy atom. The van der Waals surface area contributed by atoms with Gasteiger partial charge in [0.05, 0.1) is 6.33 Å². The molecule has 6 rings (SSSR count). The summed E-state index contributed by atoms with van der Waals surface area (Å²) in [7, 11) is 0. The van der Waals surface area contributed by atoms with Crippen molar-refractivity contribution < 1.29 is 5.11 Å². The maximum absolute atomic E-state index is 13.5. The van der Waals surface area contributed by atoms with Gasteiger partial charge in [-0.2, -0.15) is 4.98 Å². The molecule has 7 heteroatoms. The molecule has 0 bridgehead atoms. The van der Waals surface area contributed by atoms with Gasteiger partial charge >= 0.3 is 0 Å². The zero-order valence-corrected chi connectivity index (χ0v) is 19.2. The molecule has 174 valence electrons. The summed E-state index contributed by atoms with van der Waals surface area (Å²) >= 11 is 0. The van der Waals surface area contributed by atoms with E-state index < -0.39 is 11.8 Å². The fourth-order valence-electron chi connectivity index (χ4n) is 5.24. The Labute approximate surface area is 202 Å². The molecule has 1 aliphatic heterocycles. The molecule has 2 atom stereocenters. The maximum Gasteiger partial charge on any atom is 0.285 e. The monoisotopic (exact) mass is 463 g/mol. The molecule has 2 aromatic heterocycles. The van der Waals surface area contributed by atoms with Gasteiger partial charge in [-0.05, 0) is 23.6 Å². The second-order valence-corrected chi connectivity index (χ2v) is 8.97. The van der Waals surface area contributed by atoms with Crippen molar-refractivity contribution in [3.05, 3.63) is 124 Å². The molecule has 0 spiro atoms. The van der Waals surface area contributed by atoms with Gasteiger partial charge in [-0.25, -0.2) is 9.55 Å². The first-order valence-electron chi connectivity index (χ1n) is 11.7. The van der Waals surface area contributed by atoms with Crippen molar-refractivity contribution in [1.29, 1.82) is 0 Å². The fourth-order valence-corrected chi connectivity index (χ4v) is 5.24. The lowest BCUT2D eigenvalue weighted by Crippen LogP contribution is -2.40. The minimum absolute atomic E-state index is 0.0205. The molecule has 7 nitrogen and oxygen atoms in total. The number of aromatic nitrogens is 4. The Balaban J connectivity index is 1.76. The average Bonchev–Trinajstić information content (AvgIpc) is 3.31. The number of hydrogen-bond acceptors (Lipinski definition) is 5. The van der Waals surface area contributed by atoms with E-state index in [1.165, 1.54) is 4.57 Å². The molecule has 0 saturated heterocycles. The normalized spacial score (nSPS) is 17.7. The second-order valence-electron chi connectivity index (χ2n) is 8.97. The van der Waals surface area contributed by atoms with Crippen LogP contribution in [0.1, 0.15) is 36.3 Å². The molecule has 0 aliphatic carbocycles. The molecule has 0 unspecified atom stereocenters. The van der Waals surface area contributed by atoms with Gasteiger partial charge in [-0.1, -0.05) is 91.0 Å². The third kappa shape index (κ3) is 3.19. The zero-order chi connectivity index (χ0) is 24.0. The first kappa shape index (κ1) is 21.3. The smallest absolute Gasteiger partial charge is 0.285 e. The van der Waals surface area contributed by atoms with Crippen molar-refractivity contribution in [1.82, 2.24) is 19.1 Å². The molecule has 0 fully saturated rings. The zero-order valence-electron chi connectivity index (χ0n) is 19.2. The van der Waals surface area contributed by atoms with Crippen molar-refractivity contribution in [3.8, 4) is 0 Å². The van der Waals surface area contributed by atoms with Gasteiger partial charge in [0.15, 0.2) is 11.2 Å². The minimum Gasteiger partial charge on any atom is -0.373 e. The summed E-state index contributed by atoms with van der Waals surface area (Å²) in [6.45, 7) is 1.96. The van der Waals surface area contributed by atoms with Gasteiger partial charge in [0.25, 0.3) is 5.56 Å². The van der Waals surface area contributed by atoms with E-state index in [-0.39, 0.29) is 17.1 Å². The van der Waals surface area contributed by atoms with E-state index in [4.69, 9.17) is 4.98 Å². The Morgan fingerprint density at radius 3 is 1.91 bits per heavy atom. The van der Waals surface area contributed by atoms with Crippen molar-refractivity contribution in [2.75, 3.05) is 5.32 Å². The topological polar surface area (TPSA) is 85.0 Å². The summed E-state index contributed by atoms with van der Waals surface area (Å²) in [5, 5.41) is 13.9. The molecule has 0 saturated carbocycles. The van der Waals surface area contributed by atoms with Crippen molar-refractivity contribution in [2.45, 2.75) is 31.2 Å². The first-order chi connectivity index (χ1) is 17.1. The number of aliphatic hydroxyl groups is 1. The minimum atomic E-state index is -0.946. The van der Waals surface area contributed by atoms with Crippen LogP contribution in [0.3, 0.4) is 0 Å². The van der Waals surface area contributed by atoms with Crippen LogP contribution >= 0.6 is 0 Å². The van der Waals surface area contributed by atoms with Gasteiger partial charge in [0, 0.05) is 12.5 Å². The average molecular weight is 464 g/mol. The summed E-state index contributed by atoms with van der Waals surface area (Å²) in [5.74, 6) is 0.346. The highest BCUT2D eigenvalue weighted by Gasteiger charge is 2.40. The van der Waals surface area contributed by atoms with E-state index in [9.17, 15) is 9.90 Å². The third-order valence-electron chi connectivity index (χ3n) is 6.78. The molecule has 1 aliphatic rings. The standard InChI is InChI=1S/C28H25N5O2/c1-19-17-23(34)33-26(35)24-25(31-27(33)30-19)32(18-29-24)28(20-11-5-2-6-12-20,21-13-7-3-8-14-21)22-15-9-4-10-16-22/h2-16,18-19,23,34H,17H2,1H3,(H,30,31)/t19-,23+/m0/s1. The first-order valence-corrected chi connectivity index (χ1v) is 11.7. The fraction of sp³-hybridized carbons (Fsp3) is 0.179. The molecular weight excluding hydrogens is 438 g/mol. The highest BCUT2D eigenvalue weighted by Crippen LogP contribution is 2.42. The van der Waals surface area contributed by atoms with Crippen LogP contribution < -0.4 is 10.9 Å². The number of imidazole rings is 1. The summed E-state index contributed by atoms with van der Waals surface area (Å²) in [6, 6.07) is 30.5. The van der Waals surface area contributed by atoms with Crippen molar-refractivity contribution >= 4 is 17.1 Å². The number of aliphatic hydroxyl groups excluding tert-OH is 1. The lowest BCUT2D eigenvalue weighted by atomic mass is 9.76. The SMILES string of the molecule is C[C@H]1C[C@@H](O)n2c(nc3c(ncn3C(c3ccccc3)(c3ccccc3)c3ccccc3)c2=O)N1.